The number of anilines is 1. The molecule has 2 N–H and O–H groups in total. The number of hydrogen-bond acceptors (Lipinski definition) is 4. The highest BCUT2D eigenvalue weighted by Gasteiger charge is 2.19. The second-order valence-corrected chi connectivity index (χ2v) is 7.28. The first-order valence-electron chi connectivity index (χ1n) is 9.42. The molecule has 1 aromatic heterocycles. The van der Waals surface area contributed by atoms with Crippen LogP contribution in [0.5, 0.6) is 0 Å². The molecule has 0 saturated carbocycles. The van der Waals surface area contributed by atoms with Gasteiger partial charge in [0.05, 0.1) is 13.1 Å². The van der Waals surface area contributed by atoms with Crippen LogP contribution >= 0.6 is 0 Å². The molecular weight excluding hydrogens is 340 g/mol. The minimum atomic E-state index is -0.0140. The van der Waals surface area contributed by atoms with E-state index in [0.717, 1.165) is 31.9 Å². The summed E-state index contributed by atoms with van der Waals surface area (Å²) >= 11 is 0. The number of piperazine rings is 1. The first-order valence-corrected chi connectivity index (χ1v) is 9.42. The number of pyridine rings is 1. The van der Waals surface area contributed by atoms with Crippen molar-refractivity contribution < 1.29 is 4.79 Å². The van der Waals surface area contributed by atoms with Gasteiger partial charge in [0, 0.05) is 54.9 Å². The van der Waals surface area contributed by atoms with Gasteiger partial charge in [-0.1, -0.05) is 12.1 Å². The molecule has 0 spiro atoms. The fraction of sp³-hybridized carbons (Fsp3) is 0.429. The lowest BCUT2D eigenvalue weighted by molar-refractivity contribution is -0.122. The highest BCUT2D eigenvalue weighted by molar-refractivity contribution is 5.78. The molecule has 0 bridgehead atoms. The van der Waals surface area contributed by atoms with Gasteiger partial charge in [-0.25, -0.2) is 0 Å². The zero-order chi connectivity index (χ0) is 19.4. The van der Waals surface area contributed by atoms with Gasteiger partial charge in [-0.2, -0.15) is 0 Å². The predicted octanol–water partition coefficient (Wildman–Crippen LogP) is 1.74. The third-order valence-electron chi connectivity index (χ3n) is 5.18. The Bertz CT molecular complexity index is 867. The molecule has 1 aliphatic heterocycles. The summed E-state index contributed by atoms with van der Waals surface area (Å²) in [6.45, 7) is 9.97. The maximum absolute atomic E-state index is 12.3. The monoisotopic (exact) mass is 368 g/mol. The van der Waals surface area contributed by atoms with Gasteiger partial charge < -0.3 is 15.2 Å². The van der Waals surface area contributed by atoms with Gasteiger partial charge in [0.1, 0.15) is 0 Å². The van der Waals surface area contributed by atoms with Crippen molar-refractivity contribution in [1.82, 2.24) is 15.2 Å². The van der Waals surface area contributed by atoms with Crippen LogP contribution in [-0.4, -0.2) is 48.5 Å². The van der Waals surface area contributed by atoms with Crippen molar-refractivity contribution in [2.24, 2.45) is 0 Å². The highest BCUT2D eigenvalue weighted by Crippen LogP contribution is 2.17. The highest BCUT2D eigenvalue weighted by atomic mass is 16.2. The van der Waals surface area contributed by atoms with Crippen molar-refractivity contribution in [1.29, 1.82) is 0 Å². The number of benzene rings is 1. The van der Waals surface area contributed by atoms with E-state index in [0.29, 0.717) is 24.2 Å². The molecule has 0 unspecified atom stereocenters. The molecule has 1 saturated heterocycles. The average Bonchev–Trinajstić information content (AvgIpc) is 2.66. The molecule has 3 rings (SSSR count). The minimum absolute atomic E-state index is 0.0140. The third kappa shape index (κ3) is 4.77. The van der Waals surface area contributed by atoms with E-state index >= 15 is 0 Å². The van der Waals surface area contributed by atoms with Crippen molar-refractivity contribution in [2.45, 2.75) is 27.3 Å². The van der Waals surface area contributed by atoms with Crippen LogP contribution in [-0.2, 0) is 11.3 Å². The minimum Gasteiger partial charge on any atom is -0.369 e. The fourth-order valence-corrected chi connectivity index (χ4v) is 3.42. The zero-order valence-corrected chi connectivity index (χ0v) is 16.3. The first-order chi connectivity index (χ1) is 12.9. The number of hydrogen-bond donors (Lipinski definition) is 2. The van der Waals surface area contributed by atoms with Crippen LogP contribution in [0.1, 0.15) is 22.4 Å². The van der Waals surface area contributed by atoms with Gasteiger partial charge in [-0.15, -0.1) is 0 Å². The summed E-state index contributed by atoms with van der Waals surface area (Å²) < 4.78 is 0. The predicted molar refractivity (Wildman–Crippen MR) is 108 cm³/mol. The van der Waals surface area contributed by atoms with E-state index in [2.05, 4.69) is 51.3 Å². The standard InChI is InChI=1S/C21H28N4O2/c1-15-5-4-6-18(11-15)25-9-7-24(8-10-25)14-20(26)23-13-19-17(3)21(27)16(2)12-22-19/h4-6,11-12H,7-10,13-14H2,1-3H3,(H,22,27)(H,23,26). The molecule has 6 heteroatoms. The molecule has 0 atom stereocenters. The maximum atomic E-state index is 12.3. The number of nitrogens with zero attached hydrogens (tertiary/aromatic N) is 2. The van der Waals surface area contributed by atoms with Crippen molar-refractivity contribution in [3.05, 3.63) is 63.1 Å². The topological polar surface area (TPSA) is 68.4 Å². The van der Waals surface area contributed by atoms with Gasteiger partial charge >= 0.3 is 0 Å². The normalized spacial score (nSPS) is 15.0. The summed E-state index contributed by atoms with van der Waals surface area (Å²) in [5.74, 6) is -0.0140. The number of aryl methyl sites for hydroxylation is 2. The van der Waals surface area contributed by atoms with E-state index in [1.807, 2.05) is 0 Å². The lowest BCUT2D eigenvalue weighted by Gasteiger charge is -2.35. The molecule has 0 aliphatic carbocycles. The molecular formula is C21H28N4O2. The molecule has 1 aliphatic rings. The second kappa shape index (κ2) is 8.39. The van der Waals surface area contributed by atoms with E-state index in [1.54, 1.807) is 20.0 Å². The lowest BCUT2D eigenvalue weighted by atomic mass is 10.1. The van der Waals surface area contributed by atoms with Crippen LogP contribution in [0, 0.1) is 20.8 Å². The lowest BCUT2D eigenvalue weighted by Crippen LogP contribution is -2.49. The Labute approximate surface area is 160 Å². The summed E-state index contributed by atoms with van der Waals surface area (Å²) in [7, 11) is 0. The molecule has 2 aromatic rings. The molecule has 1 aromatic carbocycles. The number of amides is 1. The summed E-state index contributed by atoms with van der Waals surface area (Å²) in [6, 6.07) is 8.53. The molecule has 1 amide bonds. The Hall–Kier alpha value is -2.60. The number of rotatable bonds is 5. The SMILES string of the molecule is Cc1cccc(N2CCN(CC(=O)NCc3[nH]cc(C)c(=O)c3C)CC2)c1. The average molecular weight is 368 g/mol. The van der Waals surface area contributed by atoms with Crippen molar-refractivity contribution in [3.63, 3.8) is 0 Å². The zero-order valence-electron chi connectivity index (χ0n) is 16.3. The second-order valence-electron chi connectivity index (χ2n) is 7.28. The van der Waals surface area contributed by atoms with Crippen LogP contribution in [0.3, 0.4) is 0 Å². The van der Waals surface area contributed by atoms with E-state index in [9.17, 15) is 9.59 Å². The number of aromatic amines is 1. The summed E-state index contributed by atoms with van der Waals surface area (Å²) in [5, 5.41) is 2.92. The number of carbonyl (C=O) groups excluding carboxylic acids is 1. The van der Waals surface area contributed by atoms with E-state index in [4.69, 9.17) is 0 Å². The molecule has 144 valence electrons. The molecule has 0 radical (unpaired) electrons. The molecule has 6 nitrogen and oxygen atoms in total. The number of nitrogens with one attached hydrogen (secondary N) is 2. The van der Waals surface area contributed by atoms with Gasteiger partial charge in [-0.3, -0.25) is 14.5 Å². The Morgan fingerprint density at radius 3 is 2.59 bits per heavy atom. The van der Waals surface area contributed by atoms with Crippen molar-refractivity contribution in [3.8, 4) is 0 Å². The Balaban J connectivity index is 1.47. The smallest absolute Gasteiger partial charge is 0.234 e. The van der Waals surface area contributed by atoms with Crippen LogP contribution in [0.4, 0.5) is 5.69 Å². The van der Waals surface area contributed by atoms with Crippen LogP contribution in [0.15, 0.2) is 35.3 Å². The van der Waals surface area contributed by atoms with Crippen LogP contribution < -0.4 is 15.6 Å². The number of aromatic nitrogens is 1. The third-order valence-corrected chi connectivity index (χ3v) is 5.18. The van der Waals surface area contributed by atoms with Crippen LogP contribution in [0.25, 0.3) is 0 Å². The molecule has 2 heterocycles. The first kappa shape index (κ1) is 19.2. The van der Waals surface area contributed by atoms with Crippen molar-refractivity contribution >= 4 is 11.6 Å². The van der Waals surface area contributed by atoms with Crippen LogP contribution in [0.2, 0.25) is 0 Å². The van der Waals surface area contributed by atoms with E-state index in [-0.39, 0.29) is 11.3 Å². The summed E-state index contributed by atoms with van der Waals surface area (Å²) in [5.41, 5.74) is 4.67. The van der Waals surface area contributed by atoms with E-state index in [1.165, 1.54) is 11.3 Å². The van der Waals surface area contributed by atoms with Crippen molar-refractivity contribution in [2.75, 3.05) is 37.6 Å². The molecule has 1 fully saturated rings. The number of H-pyrrole nitrogens is 1. The Morgan fingerprint density at radius 1 is 1.15 bits per heavy atom. The maximum Gasteiger partial charge on any atom is 0.234 e. The summed E-state index contributed by atoms with van der Waals surface area (Å²) in [4.78, 5) is 31.9. The van der Waals surface area contributed by atoms with Gasteiger partial charge in [-0.05, 0) is 38.5 Å². The molecule has 27 heavy (non-hydrogen) atoms. The van der Waals surface area contributed by atoms with Gasteiger partial charge in [0.25, 0.3) is 0 Å². The summed E-state index contributed by atoms with van der Waals surface area (Å²) in [6.07, 6.45) is 1.70. The van der Waals surface area contributed by atoms with Gasteiger partial charge in [0.15, 0.2) is 5.43 Å². The quantitative estimate of drug-likeness (QED) is 0.844. The van der Waals surface area contributed by atoms with E-state index < -0.39 is 0 Å². The largest absolute Gasteiger partial charge is 0.369 e. The fourth-order valence-electron chi connectivity index (χ4n) is 3.42. The number of carbonyl (C=O) groups is 1. The Kier molecular flexibility index (Phi) is 5.96. The Morgan fingerprint density at radius 2 is 1.89 bits per heavy atom. The van der Waals surface area contributed by atoms with Gasteiger partial charge in [0.2, 0.25) is 5.91 Å².